The van der Waals surface area contributed by atoms with E-state index < -0.39 is 0 Å². The van der Waals surface area contributed by atoms with E-state index in [4.69, 9.17) is 5.73 Å². The number of nitrogens with zero attached hydrogens (tertiary/aromatic N) is 4. The molecule has 1 aliphatic heterocycles. The zero-order valence-electron chi connectivity index (χ0n) is 12.0. The molecule has 112 valence electrons. The van der Waals surface area contributed by atoms with Gasteiger partial charge in [0.25, 0.3) is 0 Å². The van der Waals surface area contributed by atoms with Crippen molar-refractivity contribution in [3.8, 4) is 10.6 Å². The highest BCUT2D eigenvalue weighted by molar-refractivity contribution is 7.15. The molecule has 6 nitrogen and oxygen atoms in total. The zero-order valence-corrected chi connectivity index (χ0v) is 13.6. The number of hydrogen-bond acceptors (Lipinski definition) is 7. The van der Waals surface area contributed by atoms with Crippen LogP contribution in [0.3, 0.4) is 0 Å². The molecule has 3 heterocycles. The van der Waals surface area contributed by atoms with Crippen LogP contribution in [0.15, 0.2) is 5.38 Å². The summed E-state index contributed by atoms with van der Waals surface area (Å²) >= 11 is 2.91. The van der Waals surface area contributed by atoms with Crippen molar-refractivity contribution in [3.63, 3.8) is 0 Å². The van der Waals surface area contributed by atoms with Gasteiger partial charge in [-0.1, -0.05) is 0 Å². The minimum Gasteiger partial charge on any atom is -0.382 e. The summed E-state index contributed by atoms with van der Waals surface area (Å²) in [5.74, 6) is 0.621. The van der Waals surface area contributed by atoms with Gasteiger partial charge in [0.15, 0.2) is 0 Å². The van der Waals surface area contributed by atoms with Crippen LogP contribution in [0.25, 0.3) is 10.6 Å². The first kappa shape index (κ1) is 14.3. The second-order valence-electron chi connectivity index (χ2n) is 5.13. The standard InChI is InChI=1S/C13H17N5OS2/c1-8-7-20-12(15-8)10-11(14)16-21-13(10)18-5-3-4-17(2)9(19)6-18/h7H,3-6H2,1-2H3,(H2,14,16). The van der Waals surface area contributed by atoms with E-state index in [0.717, 1.165) is 40.8 Å². The minimum atomic E-state index is 0.126. The first-order valence-electron chi connectivity index (χ1n) is 6.73. The van der Waals surface area contributed by atoms with Crippen LogP contribution in [0.4, 0.5) is 10.8 Å². The Balaban J connectivity index is 1.97. The molecule has 0 aromatic carbocycles. The topological polar surface area (TPSA) is 75.3 Å². The van der Waals surface area contributed by atoms with Crippen molar-refractivity contribution in [3.05, 3.63) is 11.1 Å². The van der Waals surface area contributed by atoms with E-state index in [9.17, 15) is 4.79 Å². The molecule has 21 heavy (non-hydrogen) atoms. The van der Waals surface area contributed by atoms with Gasteiger partial charge in [-0.2, -0.15) is 4.37 Å². The predicted molar refractivity (Wildman–Crippen MR) is 86.8 cm³/mol. The molecular formula is C13H17N5OS2. The quantitative estimate of drug-likeness (QED) is 0.912. The highest BCUT2D eigenvalue weighted by atomic mass is 32.1. The predicted octanol–water partition coefficient (Wildman–Crippen LogP) is 1.83. The maximum absolute atomic E-state index is 12.1. The second kappa shape index (κ2) is 5.61. The molecular weight excluding hydrogens is 306 g/mol. The summed E-state index contributed by atoms with van der Waals surface area (Å²) in [6, 6.07) is 0. The summed E-state index contributed by atoms with van der Waals surface area (Å²) in [7, 11) is 1.85. The van der Waals surface area contributed by atoms with Crippen molar-refractivity contribution >= 4 is 39.6 Å². The number of thiazole rings is 1. The number of nitrogen functional groups attached to an aromatic ring is 1. The summed E-state index contributed by atoms with van der Waals surface area (Å²) in [5.41, 5.74) is 7.88. The van der Waals surface area contributed by atoms with E-state index in [0.29, 0.717) is 12.4 Å². The Bertz CT molecular complexity index is 665. The van der Waals surface area contributed by atoms with E-state index in [-0.39, 0.29) is 5.91 Å². The third-order valence-corrected chi connectivity index (χ3v) is 5.39. The molecule has 1 aliphatic rings. The number of aryl methyl sites for hydroxylation is 1. The zero-order chi connectivity index (χ0) is 15.0. The van der Waals surface area contributed by atoms with Gasteiger partial charge in [-0.15, -0.1) is 11.3 Å². The molecule has 2 aromatic heterocycles. The van der Waals surface area contributed by atoms with Crippen LogP contribution < -0.4 is 10.6 Å². The Morgan fingerprint density at radius 1 is 1.38 bits per heavy atom. The Hall–Kier alpha value is -1.67. The van der Waals surface area contributed by atoms with E-state index in [2.05, 4.69) is 14.3 Å². The van der Waals surface area contributed by atoms with Crippen LogP contribution in [0.5, 0.6) is 0 Å². The fraction of sp³-hybridized carbons (Fsp3) is 0.462. The summed E-state index contributed by atoms with van der Waals surface area (Å²) < 4.78 is 4.27. The monoisotopic (exact) mass is 323 g/mol. The molecule has 3 rings (SSSR count). The minimum absolute atomic E-state index is 0.126. The SMILES string of the molecule is Cc1csc(-c2c(N)nsc2N2CCCN(C)C(=O)C2)n1. The van der Waals surface area contributed by atoms with Gasteiger partial charge in [0.1, 0.15) is 15.8 Å². The maximum atomic E-state index is 12.1. The van der Waals surface area contributed by atoms with Crippen LogP contribution >= 0.6 is 22.9 Å². The normalized spacial score (nSPS) is 16.4. The lowest BCUT2D eigenvalue weighted by Crippen LogP contribution is -2.34. The van der Waals surface area contributed by atoms with Crippen molar-refractivity contribution < 1.29 is 4.79 Å². The average Bonchev–Trinajstić information content (AvgIpc) is 2.98. The average molecular weight is 323 g/mol. The second-order valence-corrected chi connectivity index (χ2v) is 6.74. The van der Waals surface area contributed by atoms with Gasteiger partial charge in [0, 0.05) is 31.2 Å². The first-order chi connectivity index (χ1) is 10.1. The molecule has 0 atom stereocenters. The summed E-state index contributed by atoms with van der Waals surface area (Å²) in [6.07, 6.45) is 0.941. The highest BCUT2D eigenvalue weighted by Crippen LogP contribution is 2.40. The van der Waals surface area contributed by atoms with E-state index in [1.54, 1.807) is 16.2 Å². The molecule has 2 N–H and O–H groups in total. The number of anilines is 2. The van der Waals surface area contributed by atoms with Crippen molar-refractivity contribution in [1.82, 2.24) is 14.3 Å². The van der Waals surface area contributed by atoms with Crippen molar-refractivity contribution in [2.24, 2.45) is 0 Å². The van der Waals surface area contributed by atoms with Crippen LogP contribution in [0.1, 0.15) is 12.1 Å². The number of rotatable bonds is 2. The first-order valence-corrected chi connectivity index (χ1v) is 8.38. The van der Waals surface area contributed by atoms with Gasteiger partial charge in [-0.05, 0) is 24.9 Å². The van der Waals surface area contributed by atoms with Crippen molar-refractivity contribution in [1.29, 1.82) is 0 Å². The van der Waals surface area contributed by atoms with Gasteiger partial charge in [-0.3, -0.25) is 4.79 Å². The number of nitrogens with two attached hydrogens (primary N) is 1. The number of carbonyl (C=O) groups is 1. The molecule has 8 heteroatoms. The smallest absolute Gasteiger partial charge is 0.241 e. The van der Waals surface area contributed by atoms with Gasteiger partial charge in [0.2, 0.25) is 5.91 Å². The van der Waals surface area contributed by atoms with Crippen LogP contribution in [-0.4, -0.2) is 46.8 Å². The molecule has 0 saturated carbocycles. The van der Waals surface area contributed by atoms with Gasteiger partial charge >= 0.3 is 0 Å². The van der Waals surface area contributed by atoms with Crippen LogP contribution in [-0.2, 0) is 4.79 Å². The number of aromatic nitrogens is 2. The van der Waals surface area contributed by atoms with Gasteiger partial charge < -0.3 is 15.5 Å². The number of carbonyl (C=O) groups excluding carboxylic acids is 1. The molecule has 1 amide bonds. The lowest BCUT2D eigenvalue weighted by Gasteiger charge is -2.20. The molecule has 1 fully saturated rings. The number of hydrogen-bond donors (Lipinski definition) is 1. The highest BCUT2D eigenvalue weighted by Gasteiger charge is 2.25. The lowest BCUT2D eigenvalue weighted by atomic mass is 10.3. The number of likely N-dealkylation sites (N-methyl/N-ethyl adjacent to an activating group) is 1. The fourth-order valence-electron chi connectivity index (χ4n) is 2.34. The van der Waals surface area contributed by atoms with Crippen LogP contribution in [0.2, 0.25) is 0 Å². The van der Waals surface area contributed by atoms with Gasteiger partial charge in [-0.25, -0.2) is 4.98 Å². The lowest BCUT2D eigenvalue weighted by molar-refractivity contribution is -0.127. The fourth-order valence-corrected chi connectivity index (χ4v) is 4.09. The maximum Gasteiger partial charge on any atom is 0.241 e. The Morgan fingerprint density at radius 3 is 2.90 bits per heavy atom. The Labute approximate surface area is 131 Å². The van der Waals surface area contributed by atoms with E-state index in [1.165, 1.54) is 11.5 Å². The van der Waals surface area contributed by atoms with E-state index >= 15 is 0 Å². The Kier molecular flexibility index (Phi) is 3.81. The summed E-state index contributed by atoms with van der Waals surface area (Å²) in [5, 5.41) is 3.82. The number of amides is 1. The van der Waals surface area contributed by atoms with Crippen LogP contribution in [0, 0.1) is 6.92 Å². The molecule has 0 radical (unpaired) electrons. The largest absolute Gasteiger partial charge is 0.382 e. The Morgan fingerprint density at radius 2 is 2.19 bits per heavy atom. The molecule has 0 bridgehead atoms. The third-order valence-electron chi connectivity index (χ3n) is 3.49. The van der Waals surface area contributed by atoms with Gasteiger partial charge in [0.05, 0.1) is 12.1 Å². The molecule has 0 aliphatic carbocycles. The van der Waals surface area contributed by atoms with E-state index in [1.807, 2.05) is 19.4 Å². The molecule has 0 spiro atoms. The molecule has 1 saturated heterocycles. The molecule has 2 aromatic rings. The van der Waals surface area contributed by atoms with Crippen molar-refractivity contribution in [2.45, 2.75) is 13.3 Å². The summed E-state index contributed by atoms with van der Waals surface area (Å²) in [4.78, 5) is 20.4. The third kappa shape index (κ3) is 2.73. The molecule has 0 unspecified atom stereocenters. The van der Waals surface area contributed by atoms with Crippen molar-refractivity contribution in [2.75, 3.05) is 37.3 Å². The summed E-state index contributed by atoms with van der Waals surface area (Å²) in [6.45, 7) is 3.94.